The average Bonchev–Trinajstić information content (AvgIpc) is 2.81. The van der Waals surface area contributed by atoms with E-state index in [1.807, 2.05) is 36.7 Å². The minimum Gasteiger partial charge on any atom is -0.303 e. The zero-order valence-corrected chi connectivity index (χ0v) is 15.0. The summed E-state index contributed by atoms with van der Waals surface area (Å²) in [5.41, 5.74) is 5.52. The second-order valence-electron chi connectivity index (χ2n) is 5.56. The number of nitrogens with zero attached hydrogens (tertiary/aromatic N) is 3. The van der Waals surface area contributed by atoms with Crippen molar-refractivity contribution in [2.24, 2.45) is 4.99 Å². The Balaban J connectivity index is 1.97. The summed E-state index contributed by atoms with van der Waals surface area (Å²) in [6.07, 6.45) is 3.72. The lowest BCUT2D eigenvalue weighted by molar-refractivity contribution is 0.921. The Labute approximate surface area is 144 Å². The van der Waals surface area contributed by atoms with Gasteiger partial charge in [0.15, 0.2) is 0 Å². The highest BCUT2D eigenvalue weighted by molar-refractivity contribution is 9.10. The number of aryl methyl sites for hydroxylation is 2. The molecule has 116 valence electrons. The van der Waals surface area contributed by atoms with Gasteiger partial charge in [-0.1, -0.05) is 12.1 Å². The van der Waals surface area contributed by atoms with Crippen LogP contribution in [0.4, 0.5) is 5.69 Å². The summed E-state index contributed by atoms with van der Waals surface area (Å²) < 4.78 is 3.15. The number of hydrogen-bond donors (Lipinski definition) is 0. The molecule has 0 saturated carbocycles. The second kappa shape index (κ2) is 6.50. The van der Waals surface area contributed by atoms with E-state index >= 15 is 0 Å². The third-order valence-corrected chi connectivity index (χ3v) is 4.43. The van der Waals surface area contributed by atoms with E-state index in [4.69, 9.17) is 0 Å². The molecule has 3 rings (SSSR count). The number of hydrogen-bond acceptors (Lipinski definition) is 2. The van der Waals surface area contributed by atoms with Crippen LogP contribution in [-0.4, -0.2) is 15.8 Å². The molecule has 3 nitrogen and oxygen atoms in total. The molecule has 0 amide bonds. The van der Waals surface area contributed by atoms with Gasteiger partial charge in [-0.25, -0.2) is 4.98 Å². The molecule has 0 atom stereocenters. The van der Waals surface area contributed by atoms with Crippen LogP contribution in [0.15, 0.2) is 58.1 Å². The Hall–Kier alpha value is -2.20. The number of aliphatic imine (C=N–C) groups is 1. The lowest BCUT2D eigenvalue weighted by Gasteiger charge is -2.07. The Bertz CT molecular complexity index is 864. The SMILES string of the molecule is Cc1ccc(N=Cc2cc(C)n(-c3ccccn3)c2C)c(Br)c1. The Kier molecular flexibility index (Phi) is 4.44. The van der Waals surface area contributed by atoms with Crippen molar-refractivity contribution in [1.82, 2.24) is 9.55 Å². The van der Waals surface area contributed by atoms with Gasteiger partial charge >= 0.3 is 0 Å². The standard InChI is InChI=1S/C19H18BrN3/c1-13-7-8-18(17(20)10-13)22-12-16-11-14(2)23(15(16)3)19-6-4-5-9-21-19/h4-12H,1-3H3. The van der Waals surface area contributed by atoms with E-state index < -0.39 is 0 Å². The van der Waals surface area contributed by atoms with Crippen molar-refractivity contribution in [3.63, 3.8) is 0 Å². The van der Waals surface area contributed by atoms with Crippen LogP contribution in [0, 0.1) is 20.8 Å². The maximum absolute atomic E-state index is 4.62. The molecule has 0 bridgehead atoms. The molecule has 2 heterocycles. The van der Waals surface area contributed by atoms with Gasteiger partial charge in [-0.3, -0.25) is 4.99 Å². The molecule has 0 N–H and O–H groups in total. The Morgan fingerprint density at radius 2 is 1.91 bits per heavy atom. The third kappa shape index (κ3) is 3.27. The first-order valence-corrected chi connectivity index (χ1v) is 8.26. The fraction of sp³-hybridized carbons (Fsp3) is 0.158. The molecule has 4 heteroatoms. The van der Waals surface area contributed by atoms with Crippen molar-refractivity contribution < 1.29 is 0 Å². The van der Waals surface area contributed by atoms with Gasteiger partial charge in [0.1, 0.15) is 5.82 Å². The van der Waals surface area contributed by atoms with Crippen molar-refractivity contribution in [3.05, 3.63) is 75.6 Å². The summed E-state index contributed by atoms with van der Waals surface area (Å²) in [4.78, 5) is 9.06. The molecule has 3 aromatic rings. The summed E-state index contributed by atoms with van der Waals surface area (Å²) in [7, 11) is 0. The molecule has 0 fully saturated rings. The number of pyridine rings is 1. The van der Waals surface area contributed by atoms with E-state index in [1.165, 1.54) is 5.56 Å². The predicted molar refractivity (Wildman–Crippen MR) is 99.2 cm³/mol. The van der Waals surface area contributed by atoms with Gasteiger partial charge in [-0.2, -0.15) is 0 Å². The topological polar surface area (TPSA) is 30.2 Å². The van der Waals surface area contributed by atoms with Crippen molar-refractivity contribution >= 4 is 27.8 Å². The summed E-state index contributed by atoms with van der Waals surface area (Å²) in [6, 6.07) is 14.2. The molecule has 2 aromatic heterocycles. The molecule has 0 radical (unpaired) electrons. The molecule has 0 saturated heterocycles. The summed E-state index contributed by atoms with van der Waals surface area (Å²) >= 11 is 3.57. The average molecular weight is 368 g/mol. The third-order valence-electron chi connectivity index (χ3n) is 3.79. The Morgan fingerprint density at radius 1 is 1.09 bits per heavy atom. The second-order valence-corrected chi connectivity index (χ2v) is 6.42. The summed E-state index contributed by atoms with van der Waals surface area (Å²) in [5, 5.41) is 0. The quantitative estimate of drug-likeness (QED) is 0.576. The van der Waals surface area contributed by atoms with Crippen LogP contribution in [-0.2, 0) is 0 Å². The smallest absolute Gasteiger partial charge is 0.136 e. The normalized spacial score (nSPS) is 11.3. The molecule has 23 heavy (non-hydrogen) atoms. The van der Waals surface area contributed by atoms with Crippen molar-refractivity contribution in [2.45, 2.75) is 20.8 Å². The lowest BCUT2D eigenvalue weighted by Crippen LogP contribution is -2.01. The number of halogens is 1. The highest BCUT2D eigenvalue weighted by Crippen LogP contribution is 2.26. The first kappa shape index (κ1) is 15.7. The zero-order chi connectivity index (χ0) is 16.4. The molecule has 0 aliphatic rings. The first-order valence-electron chi connectivity index (χ1n) is 7.47. The van der Waals surface area contributed by atoms with Crippen molar-refractivity contribution in [2.75, 3.05) is 0 Å². The molecule has 0 unspecified atom stereocenters. The molecule has 0 spiro atoms. The van der Waals surface area contributed by atoms with E-state index in [1.54, 1.807) is 0 Å². The van der Waals surface area contributed by atoms with Gasteiger partial charge in [0.2, 0.25) is 0 Å². The minimum atomic E-state index is 0.929. The largest absolute Gasteiger partial charge is 0.303 e. The highest BCUT2D eigenvalue weighted by atomic mass is 79.9. The van der Waals surface area contributed by atoms with E-state index in [2.05, 4.69) is 69.4 Å². The van der Waals surface area contributed by atoms with E-state index in [-0.39, 0.29) is 0 Å². The van der Waals surface area contributed by atoms with E-state index in [0.717, 1.165) is 32.9 Å². The van der Waals surface area contributed by atoms with Gasteiger partial charge in [0, 0.05) is 33.8 Å². The van der Waals surface area contributed by atoms with Crippen molar-refractivity contribution in [1.29, 1.82) is 0 Å². The van der Waals surface area contributed by atoms with Crippen LogP contribution in [0.5, 0.6) is 0 Å². The number of rotatable bonds is 3. The number of benzene rings is 1. The van der Waals surface area contributed by atoms with Crippen LogP contribution < -0.4 is 0 Å². The van der Waals surface area contributed by atoms with E-state index in [0.29, 0.717) is 0 Å². The summed E-state index contributed by atoms with van der Waals surface area (Å²) in [6.45, 7) is 6.24. The maximum Gasteiger partial charge on any atom is 0.136 e. The molecular weight excluding hydrogens is 350 g/mol. The van der Waals surface area contributed by atoms with Crippen LogP contribution in [0.1, 0.15) is 22.5 Å². The molecule has 0 aliphatic carbocycles. The van der Waals surface area contributed by atoms with Gasteiger partial charge in [-0.05, 0) is 72.6 Å². The van der Waals surface area contributed by atoms with Crippen LogP contribution in [0.25, 0.3) is 5.82 Å². The summed E-state index contributed by atoms with van der Waals surface area (Å²) in [5.74, 6) is 0.929. The molecule has 0 aliphatic heterocycles. The maximum atomic E-state index is 4.62. The monoisotopic (exact) mass is 367 g/mol. The Morgan fingerprint density at radius 3 is 2.61 bits per heavy atom. The zero-order valence-electron chi connectivity index (χ0n) is 13.4. The van der Waals surface area contributed by atoms with Gasteiger partial charge in [0.05, 0.1) is 5.69 Å². The fourth-order valence-electron chi connectivity index (χ4n) is 2.61. The molecular formula is C19H18BrN3. The van der Waals surface area contributed by atoms with E-state index in [9.17, 15) is 0 Å². The van der Waals surface area contributed by atoms with Crippen LogP contribution in [0.2, 0.25) is 0 Å². The first-order chi connectivity index (χ1) is 11.1. The fourth-order valence-corrected chi connectivity index (χ4v) is 3.21. The number of aromatic nitrogens is 2. The minimum absolute atomic E-state index is 0.929. The van der Waals surface area contributed by atoms with Crippen molar-refractivity contribution in [3.8, 4) is 5.82 Å². The predicted octanol–water partition coefficient (Wildman–Crippen LogP) is 5.31. The highest BCUT2D eigenvalue weighted by Gasteiger charge is 2.10. The van der Waals surface area contributed by atoms with Crippen LogP contribution in [0.3, 0.4) is 0 Å². The van der Waals surface area contributed by atoms with Gasteiger partial charge in [0.25, 0.3) is 0 Å². The lowest BCUT2D eigenvalue weighted by atomic mass is 10.2. The molecule has 1 aromatic carbocycles. The van der Waals surface area contributed by atoms with Gasteiger partial charge in [-0.15, -0.1) is 0 Å². The van der Waals surface area contributed by atoms with Crippen LogP contribution >= 0.6 is 15.9 Å². The van der Waals surface area contributed by atoms with Gasteiger partial charge < -0.3 is 4.57 Å².